The summed E-state index contributed by atoms with van der Waals surface area (Å²) in [5, 5.41) is 8.25. The normalized spacial score (nSPS) is 25.5. The lowest BCUT2D eigenvalue weighted by Gasteiger charge is -2.46. The molecule has 0 amide bonds. The number of hydrogen-bond acceptors (Lipinski definition) is 4. The van der Waals surface area contributed by atoms with Crippen molar-refractivity contribution in [1.29, 1.82) is 0 Å². The number of nitrogens with zero attached hydrogens (tertiary/aromatic N) is 3. The molecule has 5 heteroatoms. The number of anilines is 1. The molecule has 1 N–H and O–H groups in total. The molecule has 2 aliphatic rings. The molecule has 112 valence electrons. The first kappa shape index (κ1) is 13.9. The number of piperazine rings is 1. The first-order chi connectivity index (χ1) is 9.72. The molecule has 20 heavy (non-hydrogen) atoms. The minimum Gasteiger partial charge on any atom is -0.383 e. The van der Waals surface area contributed by atoms with Crippen molar-refractivity contribution in [2.45, 2.75) is 50.7 Å². The zero-order valence-corrected chi connectivity index (χ0v) is 12.6. The zero-order chi connectivity index (χ0) is 14.0. The highest BCUT2D eigenvalue weighted by atomic mass is 16.5. The molecule has 5 nitrogen and oxygen atoms in total. The molecule has 3 rings (SSSR count). The zero-order valence-electron chi connectivity index (χ0n) is 12.6. The molecule has 1 aliphatic carbocycles. The van der Waals surface area contributed by atoms with Crippen LogP contribution in [0.2, 0.25) is 0 Å². The van der Waals surface area contributed by atoms with Crippen LogP contribution in [0.15, 0.2) is 12.4 Å². The van der Waals surface area contributed by atoms with Gasteiger partial charge in [-0.1, -0.05) is 12.8 Å². The second-order valence-corrected chi connectivity index (χ2v) is 6.30. The molecule has 1 unspecified atom stereocenters. The van der Waals surface area contributed by atoms with Gasteiger partial charge in [0.15, 0.2) is 0 Å². The van der Waals surface area contributed by atoms with Crippen molar-refractivity contribution in [1.82, 2.24) is 15.1 Å². The lowest BCUT2D eigenvalue weighted by molar-refractivity contribution is 0.183. The molecular weight excluding hydrogens is 252 g/mol. The van der Waals surface area contributed by atoms with Crippen molar-refractivity contribution in [3.05, 3.63) is 12.4 Å². The Labute approximate surface area is 121 Å². The Morgan fingerprint density at radius 2 is 2.25 bits per heavy atom. The Kier molecular flexibility index (Phi) is 3.98. The van der Waals surface area contributed by atoms with Gasteiger partial charge in [-0.3, -0.25) is 4.68 Å². The molecule has 0 aromatic carbocycles. The van der Waals surface area contributed by atoms with Crippen LogP contribution < -0.4 is 10.2 Å². The number of aromatic nitrogens is 2. The van der Waals surface area contributed by atoms with Gasteiger partial charge in [0.25, 0.3) is 0 Å². The second kappa shape index (κ2) is 5.74. The average molecular weight is 278 g/mol. The SMILES string of the molecule is COCCn1cc(N2CC3(CCCC3)NCC2C)cn1. The summed E-state index contributed by atoms with van der Waals surface area (Å²) in [6.07, 6.45) is 9.51. The van der Waals surface area contributed by atoms with Crippen molar-refractivity contribution in [3.8, 4) is 0 Å². The predicted molar refractivity (Wildman–Crippen MR) is 80.1 cm³/mol. The number of methoxy groups -OCH3 is 1. The van der Waals surface area contributed by atoms with Gasteiger partial charge in [0.2, 0.25) is 0 Å². The minimum atomic E-state index is 0.348. The fraction of sp³-hybridized carbons (Fsp3) is 0.800. The fourth-order valence-electron chi connectivity index (χ4n) is 3.55. The van der Waals surface area contributed by atoms with E-state index in [0.717, 1.165) is 19.6 Å². The Morgan fingerprint density at radius 3 is 3.00 bits per heavy atom. The second-order valence-electron chi connectivity index (χ2n) is 6.30. The molecular formula is C15H26N4O. The summed E-state index contributed by atoms with van der Waals surface area (Å²) in [6.45, 7) is 6.01. The quantitative estimate of drug-likeness (QED) is 0.909. The smallest absolute Gasteiger partial charge is 0.0756 e. The van der Waals surface area contributed by atoms with Crippen molar-refractivity contribution < 1.29 is 4.74 Å². The van der Waals surface area contributed by atoms with E-state index in [2.05, 4.69) is 28.4 Å². The van der Waals surface area contributed by atoms with Crippen LogP contribution in [0.25, 0.3) is 0 Å². The molecule has 1 saturated carbocycles. The lowest BCUT2D eigenvalue weighted by Crippen LogP contribution is -2.62. The summed E-state index contributed by atoms with van der Waals surface area (Å²) < 4.78 is 7.09. The third-order valence-electron chi connectivity index (χ3n) is 4.81. The van der Waals surface area contributed by atoms with E-state index in [-0.39, 0.29) is 0 Å². The Morgan fingerprint density at radius 1 is 1.45 bits per heavy atom. The van der Waals surface area contributed by atoms with Gasteiger partial charge in [-0.2, -0.15) is 5.10 Å². The lowest BCUT2D eigenvalue weighted by atomic mass is 9.92. The molecule has 2 fully saturated rings. The van der Waals surface area contributed by atoms with Gasteiger partial charge in [-0.15, -0.1) is 0 Å². The van der Waals surface area contributed by atoms with Crippen molar-refractivity contribution in [2.75, 3.05) is 31.7 Å². The molecule has 1 atom stereocenters. The minimum absolute atomic E-state index is 0.348. The van der Waals surface area contributed by atoms with Gasteiger partial charge in [0.05, 0.1) is 25.0 Å². The molecule has 1 aromatic rings. The number of hydrogen-bond donors (Lipinski definition) is 1. The molecule has 1 aliphatic heterocycles. The van der Waals surface area contributed by atoms with Gasteiger partial charge in [-0.05, 0) is 19.8 Å². The maximum Gasteiger partial charge on any atom is 0.0756 e. The summed E-state index contributed by atoms with van der Waals surface area (Å²) in [5.41, 5.74) is 1.60. The van der Waals surface area contributed by atoms with Crippen LogP contribution in [0.3, 0.4) is 0 Å². The summed E-state index contributed by atoms with van der Waals surface area (Å²) >= 11 is 0. The van der Waals surface area contributed by atoms with Crippen LogP contribution in [0, 0.1) is 0 Å². The third-order valence-corrected chi connectivity index (χ3v) is 4.81. The largest absolute Gasteiger partial charge is 0.383 e. The maximum absolute atomic E-state index is 5.11. The number of ether oxygens (including phenoxy) is 1. The predicted octanol–water partition coefficient (Wildman–Crippen LogP) is 1.64. The van der Waals surface area contributed by atoms with E-state index < -0.39 is 0 Å². The first-order valence-corrected chi connectivity index (χ1v) is 7.75. The van der Waals surface area contributed by atoms with Crippen LogP contribution in [0.4, 0.5) is 5.69 Å². The van der Waals surface area contributed by atoms with E-state index in [1.54, 1.807) is 7.11 Å². The molecule has 2 heterocycles. The molecule has 0 radical (unpaired) electrons. The van der Waals surface area contributed by atoms with E-state index in [0.29, 0.717) is 18.2 Å². The Hall–Kier alpha value is -1.07. The highest BCUT2D eigenvalue weighted by Gasteiger charge is 2.40. The first-order valence-electron chi connectivity index (χ1n) is 7.75. The molecule has 1 aromatic heterocycles. The maximum atomic E-state index is 5.11. The topological polar surface area (TPSA) is 42.3 Å². The van der Waals surface area contributed by atoms with Gasteiger partial charge in [0, 0.05) is 38.0 Å². The van der Waals surface area contributed by atoms with Crippen molar-refractivity contribution in [2.24, 2.45) is 0 Å². The van der Waals surface area contributed by atoms with E-state index in [9.17, 15) is 0 Å². The number of rotatable bonds is 4. The Balaban J connectivity index is 1.72. The van der Waals surface area contributed by atoms with Gasteiger partial charge in [0.1, 0.15) is 0 Å². The average Bonchev–Trinajstić information content (AvgIpc) is 3.10. The summed E-state index contributed by atoms with van der Waals surface area (Å²) in [7, 11) is 1.73. The van der Waals surface area contributed by atoms with Crippen LogP contribution in [-0.2, 0) is 11.3 Å². The fourth-order valence-corrected chi connectivity index (χ4v) is 3.55. The summed E-state index contributed by atoms with van der Waals surface area (Å²) in [4.78, 5) is 2.53. The van der Waals surface area contributed by atoms with Crippen LogP contribution in [-0.4, -0.2) is 48.2 Å². The molecule has 1 spiro atoms. The molecule has 0 bridgehead atoms. The van der Waals surface area contributed by atoms with Crippen LogP contribution >= 0.6 is 0 Å². The van der Waals surface area contributed by atoms with E-state index >= 15 is 0 Å². The van der Waals surface area contributed by atoms with Gasteiger partial charge >= 0.3 is 0 Å². The highest BCUT2D eigenvalue weighted by molar-refractivity contribution is 5.45. The van der Waals surface area contributed by atoms with E-state index in [1.165, 1.54) is 31.4 Å². The van der Waals surface area contributed by atoms with Gasteiger partial charge in [-0.25, -0.2) is 0 Å². The summed E-state index contributed by atoms with van der Waals surface area (Å²) in [5.74, 6) is 0. The highest BCUT2D eigenvalue weighted by Crippen LogP contribution is 2.34. The van der Waals surface area contributed by atoms with Crippen LogP contribution in [0.1, 0.15) is 32.6 Å². The van der Waals surface area contributed by atoms with Crippen molar-refractivity contribution in [3.63, 3.8) is 0 Å². The standard InChI is InChI=1S/C15H26N4O/c1-13-9-16-15(5-3-4-6-15)12-19(13)14-10-17-18(11-14)7-8-20-2/h10-11,13,16H,3-9,12H2,1-2H3. The van der Waals surface area contributed by atoms with Gasteiger partial charge < -0.3 is 15.0 Å². The summed E-state index contributed by atoms with van der Waals surface area (Å²) in [6, 6.07) is 0.529. The van der Waals surface area contributed by atoms with E-state index in [1.807, 2.05) is 10.9 Å². The van der Waals surface area contributed by atoms with Crippen LogP contribution in [0.5, 0.6) is 0 Å². The Bertz CT molecular complexity index is 439. The van der Waals surface area contributed by atoms with Crippen molar-refractivity contribution >= 4 is 5.69 Å². The number of nitrogens with one attached hydrogen (secondary N) is 1. The monoisotopic (exact) mass is 278 g/mol. The van der Waals surface area contributed by atoms with E-state index in [4.69, 9.17) is 4.74 Å². The molecule has 1 saturated heterocycles. The third kappa shape index (κ3) is 2.69.